The Morgan fingerprint density at radius 3 is 2.60 bits per heavy atom. The molecular weight excluding hydrogens is 324 g/mol. The molecule has 0 saturated carbocycles. The molecule has 2 heterocycles. The molecule has 2 amide bonds. The molecule has 8 nitrogen and oxygen atoms in total. The molecular formula is C17H22N4O4. The van der Waals surface area contributed by atoms with Crippen molar-refractivity contribution in [3.8, 4) is 11.3 Å². The first kappa shape index (κ1) is 18.4. The van der Waals surface area contributed by atoms with Gasteiger partial charge in [0.05, 0.1) is 6.54 Å². The summed E-state index contributed by atoms with van der Waals surface area (Å²) in [5, 5.41) is 15.7. The van der Waals surface area contributed by atoms with Crippen molar-refractivity contribution in [2.75, 3.05) is 7.05 Å². The predicted molar refractivity (Wildman–Crippen MR) is 90.6 cm³/mol. The van der Waals surface area contributed by atoms with Crippen LogP contribution in [0.25, 0.3) is 11.3 Å². The zero-order valence-corrected chi connectivity index (χ0v) is 14.5. The number of nitrogens with zero attached hydrogens (tertiary/aromatic N) is 3. The van der Waals surface area contributed by atoms with E-state index in [-0.39, 0.29) is 12.5 Å². The summed E-state index contributed by atoms with van der Waals surface area (Å²) < 4.78 is 5.25. The Morgan fingerprint density at radius 1 is 1.32 bits per heavy atom. The van der Waals surface area contributed by atoms with E-state index in [1.54, 1.807) is 37.6 Å². The number of carboxylic acids is 1. The molecule has 2 aromatic rings. The zero-order chi connectivity index (χ0) is 18.4. The van der Waals surface area contributed by atoms with E-state index in [0.717, 1.165) is 5.56 Å². The van der Waals surface area contributed by atoms with Crippen LogP contribution in [-0.4, -0.2) is 45.2 Å². The van der Waals surface area contributed by atoms with Crippen LogP contribution in [0.1, 0.15) is 26.0 Å². The fourth-order valence-electron chi connectivity index (χ4n) is 2.30. The van der Waals surface area contributed by atoms with E-state index in [2.05, 4.69) is 15.5 Å². The number of carboxylic acid groups (broad SMARTS) is 1. The van der Waals surface area contributed by atoms with Gasteiger partial charge in [-0.3, -0.25) is 4.98 Å². The molecule has 0 fully saturated rings. The molecule has 2 N–H and O–H groups in total. The van der Waals surface area contributed by atoms with Crippen LogP contribution < -0.4 is 5.32 Å². The van der Waals surface area contributed by atoms with E-state index >= 15 is 0 Å². The van der Waals surface area contributed by atoms with Gasteiger partial charge in [0.1, 0.15) is 11.7 Å². The smallest absolute Gasteiger partial charge is 0.326 e. The fraction of sp³-hybridized carbons (Fsp3) is 0.412. The van der Waals surface area contributed by atoms with Crippen LogP contribution in [0.5, 0.6) is 0 Å². The second-order valence-corrected chi connectivity index (χ2v) is 6.24. The van der Waals surface area contributed by atoms with E-state index in [4.69, 9.17) is 4.52 Å². The predicted octanol–water partition coefficient (Wildman–Crippen LogP) is 2.38. The van der Waals surface area contributed by atoms with Gasteiger partial charge >= 0.3 is 12.0 Å². The first-order valence-corrected chi connectivity index (χ1v) is 7.97. The topological polar surface area (TPSA) is 109 Å². The lowest BCUT2D eigenvalue weighted by molar-refractivity contribution is -0.139. The van der Waals surface area contributed by atoms with Crippen LogP contribution in [0, 0.1) is 5.92 Å². The van der Waals surface area contributed by atoms with Crippen LogP contribution in [-0.2, 0) is 11.3 Å². The van der Waals surface area contributed by atoms with Crippen molar-refractivity contribution in [3.05, 3.63) is 36.4 Å². The van der Waals surface area contributed by atoms with Crippen molar-refractivity contribution < 1.29 is 19.2 Å². The number of rotatable bonds is 7. The molecule has 0 aliphatic rings. The molecule has 0 spiro atoms. The fourth-order valence-corrected chi connectivity index (χ4v) is 2.30. The second-order valence-electron chi connectivity index (χ2n) is 6.24. The van der Waals surface area contributed by atoms with Gasteiger partial charge in [0.15, 0.2) is 5.76 Å². The third-order valence-electron chi connectivity index (χ3n) is 3.58. The number of nitrogens with one attached hydrogen (secondary N) is 1. The number of hydrogen-bond acceptors (Lipinski definition) is 5. The zero-order valence-electron chi connectivity index (χ0n) is 14.5. The summed E-state index contributed by atoms with van der Waals surface area (Å²) in [6, 6.07) is 3.96. The number of aliphatic carboxylic acids is 1. The van der Waals surface area contributed by atoms with Crippen LogP contribution in [0.2, 0.25) is 0 Å². The second kappa shape index (κ2) is 8.27. The monoisotopic (exact) mass is 346 g/mol. The van der Waals surface area contributed by atoms with Crippen molar-refractivity contribution in [2.24, 2.45) is 5.92 Å². The molecule has 25 heavy (non-hydrogen) atoms. The minimum atomic E-state index is -1.05. The molecule has 0 radical (unpaired) electrons. The van der Waals surface area contributed by atoms with Gasteiger partial charge in [-0.05, 0) is 24.5 Å². The quantitative estimate of drug-likeness (QED) is 0.797. The number of carbonyl (C=O) groups is 2. The van der Waals surface area contributed by atoms with E-state index in [1.807, 2.05) is 13.8 Å². The summed E-state index contributed by atoms with van der Waals surface area (Å²) in [5.41, 5.74) is 1.51. The lowest BCUT2D eigenvalue weighted by atomic mass is 10.0. The highest BCUT2D eigenvalue weighted by atomic mass is 16.5. The lowest BCUT2D eigenvalue weighted by Gasteiger charge is -2.21. The molecule has 0 aliphatic carbocycles. The van der Waals surface area contributed by atoms with E-state index in [1.165, 1.54) is 4.90 Å². The molecule has 0 aromatic carbocycles. The maximum Gasteiger partial charge on any atom is 0.326 e. The molecule has 134 valence electrons. The van der Waals surface area contributed by atoms with Gasteiger partial charge in [0, 0.05) is 31.1 Å². The third-order valence-corrected chi connectivity index (χ3v) is 3.58. The lowest BCUT2D eigenvalue weighted by Crippen LogP contribution is -2.46. The number of hydrogen-bond donors (Lipinski definition) is 2. The Bertz CT molecular complexity index is 714. The third kappa shape index (κ3) is 5.30. The van der Waals surface area contributed by atoms with Crippen molar-refractivity contribution >= 4 is 12.0 Å². The number of amides is 2. The summed E-state index contributed by atoms with van der Waals surface area (Å²) in [7, 11) is 1.57. The molecule has 0 bridgehead atoms. The van der Waals surface area contributed by atoms with Gasteiger partial charge in [-0.2, -0.15) is 0 Å². The van der Waals surface area contributed by atoms with E-state index in [9.17, 15) is 14.7 Å². The molecule has 0 saturated heterocycles. The first-order valence-electron chi connectivity index (χ1n) is 7.97. The summed E-state index contributed by atoms with van der Waals surface area (Å²) in [6.45, 7) is 3.99. The van der Waals surface area contributed by atoms with Gasteiger partial charge in [0.25, 0.3) is 0 Å². The molecule has 0 aliphatic heterocycles. The standard InChI is InChI=1S/C17H22N4O4/c1-11(2)8-15(16(22)23)19-17(24)21(3)10-13-9-14(20-25-13)12-4-6-18-7-5-12/h4-7,9,11,15H,8,10H2,1-3H3,(H,19,24)(H,22,23)/t15-/m0/s1. The van der Waals surface area contributed by atoms with Crippen molar-refractivity contribution in [1.82, 2.24) is 20.4 Å². The SMILES string of the molecule is CC(C)C[C@H](NC(=O)N(C)Cc1cc(-c2ccncc2)no1)C(=O)O. The Labute approximate surface area is 145 Å². The largest absolute Gasteiger partial charge is 0.480 e. The highest BCUT2D eigenvalue weighted by Gasteiger charge is 2.23. The van der Waals surface area contributed by atoms with Gasteiger partial charge in [-0.15, -0.1) is 0 Å². The average molecular weight is 346 g/mol. The van der Waals surface area contributed by atoms with Crippen molar-refractivity contribution in [3.63, 3.8) is 0 Å². The Morgan fingerprint density at radius 2 is 2.00 bits per heavy atom. The molecule has 8 heteroatoms. The highest BCUT2D eigenvalue weighted by Crippen LogP contribution is 2.18. The number of carbonyl (C=O) groups excluding carboxylic acids is 1. The Kier molecular flexibility index (Phi) is 6.10. The maximum absolute atomic E-state index is 12.2. The highest BCUT2D eigenvalue weighted by molar-refractivity contribution is 5.82. The van der Waals surface area contributed by atoms with Gasteiger partial charge < -0.3 is 19.8 Å². The number of urea groups is 1. The Balaban J connectivity index is 1.97. The maximum atomic E-state index is 12.2. The normalized spacial score (nSPS) is 12.0. The van der Waals surface area contributed by atoms with Gasteiger partial charge in [0.2, 0.25) is 0 Å². The molecule has 1 atom stereocenters. The number of pyridine rings is 1. The summed E-state index contributed by atoms with van der Waals surface area (Å²) >= 11 is 0. The number of aromatic nitrogens is 2. The van der Waals surface area contributed by atoms with Crippen LogP contribution in [0.4, 0.5) is 4.79 Å². The first-order chi connectivity index (χ1) is 11.9. The van der Waals surface area contributed by atoms with Gasteiger partial charge in [-0.1, -0.05) is 19.0 Å². The van der Waals surface area contributed by atoms with Crippen LogP contribution in [0.15, 0.2) is 35.1 Å². The average Bonchev–Trinajstić information content (AvgIpc) is 3.03. The van der Waals surface area contributed by atoms with Crippen molar-refractivity contribution in [2.45, 2.75) is 32.9 Å². The summed E-state index contributed by atoms with van der Waals surface area (Å²) in [4.78, 5) is 28.7. The van der Waals surface area contributed by atoms with Crippen molar-refractivity contribution in [1.29, 1.82) is 0 Å². The molecule has 0 unspecified atom stereocenters. The molecule has 2 rings (SSSR count). The summed E-state index contributed by atoms with van der Waals surface area (Å²) in [6.07, 6.45) is 3.68. The van der Waals surface area contributed by atoms with Crippen LogP contribution in [0.3, 0.4) is 0 Å². The summed E-state index contributed by atoms with van der Waals surface area (Å²) in [5.74, 6) is -0.390. The van der Waals surface area contributed by atoms with E-state index < -0.39 is 18.0 Å². The van der Waals surface area contributed by atoms with E-state index in [0.29, 0.717) is 17.9 Å². The van der Waals surface area contributed by atoms with Gasteiger partial charge in [-0.25, -0.2) is 9.59 Å². The molecule has 2 aromatic heterocycles. The Hall–Kier alpha value is -2.90. The van der Waals surface area contributed by atoms with Crippen LogP contribution >= 0.6 is 0 Å². The minimum Gasteiger partial charge on any atom is -0.480 e. The minimum absolute atomic E-state index is 0.156.